The number of alkyl halides is 3. The Balaban J connectivity index is 0.000000362. The summed E-state index contributed by atoms with van der Waals surface area (Å²) in [5.41, 5.74) is 0.222. The minimum Gasteiger partial charge on any atom is -0.296 e. The molecule has 0 fully saturated rings. The highest BCUT2D eigenvalue weighted by Crippen LogP contribution is 2.15. The molecule has 0 atom stereocenters. The molecule has 2 N–H and O–H groups in total. The van der Waals surface area contributed by atoms with E-state index < -0.39 is 18.1 Å². The standard InChI is InChI=1S/C7H5ClO3.C2HF3O3/c8-6-3-1-2-5(4-6)7(9)11-10;3-2(4,5)1(6)8-7/h1-4,10H;7H. The van der Waals surface area contributed by atoms with E-state index in [1.54, 1.807) is 12.1 Å². The van der Waals surface area contributed by atoms with Gasteiger partial charge in [0.15, 0.2) is 0 Å². The van der Waals surface area contributed by atoms with E-state index in [1.807, 2.05) is 0 Å². The fourth-order valence-corrected chi connectivity index (χ4v) is 0.910. The number of carbonyl (C=O) groups excluding carboxylic acids is 2. The summed E-state index contributed by atoms with van der Waals surface area (Å²) in [6, 6.07) is 6.11. The van der Waals surface area contributed by atoms with Gasteiger partial charge in [-0.05, 0) is 18.2 Å². The summed E-state index contributed by atoms with van der Waals surface area (Å²) >= 11 is 5.56. The summed E-state index contributed by atoms with van der Waals surface area (Å²) in [5.74, 6) is -3.43. The van der Waals surface area contributed by atoms with Crippen molar-refractivity contribution in [2.24, 2.45) is 0 Å². The largest absolute Gasteiger partial charge is 0.494 e. The first kappa shape index (κ1) is 17.2. The van der Waals surface area contributed by atoms with Gasteiger partial charge in [0.2, 0.25) is 0 Å². The van der Waals surface area contributed by atoms with E-state index in [0.717, 1.165) is 0 Å². The Hall–Kier alpha value is -1.84. The van der Waals surface area contributed by atoms with Crippen molar-refractivity contribution in [2.75, 3.05) is 0 Å². The van der Waals surface area contributed by atoms with Gasteiger partial charge in [0, 0.05) is 5.02 Å². The average molecular weight is 303 g/mol. The zero-order valence-electron chi connectivity index (χ0n) is 8.85. The molecular weight excluding hydrogens is 297 g/mol. The smallest absolute Gasteiger partial charge is 0.296 e. The van der Waals surface area contributed by atoms with Gasteiger partial charge in [0.1, 0.15) is 0 Å². The van der Waals surface area contributed by atoms with E-state index in [9.17, 15) is 22.8 Å². The zero-order valence-corrected chi connectivity index (χ0v) is 9.60. The fourth-order valence-electron chi connectivity index (χ4n) is 0.720. The first-order chi connectivity index (χ1) is 8.72. The fraction of sp³-hybridized carbons (Fsp3) is 0.111. The van der Waals surface area contributed by atoms with Crippen LogP contribution in [0.15, 0.2) is 24.3 Å². The van der Waals surface area contributed by atoms with Crippen LogP contribution in [0, 0.1) is 0 Å². The maximum Gasteiger partial charge on any atom is 0.494 e. The molecule has 0 heterocycles. The second-order valence-corrected chi connectivity index (χ2v) is 3.20. The molecule has 0 radical (unpaired) electrons. The third-order valence-corrected chi connectivity index (χ3v) is 1.69. The van der Waals surface area contributed by atoms with Crippen molar-refractivity contribution in [3.05, 3.63) is 34.9 Å². The quantitative estimate of drug-likeness (QED) is 0.611. The number of carbonyl (C=O) groups is 2. The highest BCUT2D eigenvalue weighted by molar-refractivity contribution is 6.30. The van der Waals surface area contributed by atoms with Crippen LogP contribution in [-0.4, -0.2) is 28.6 Å². The van der Waals surface area contributed by atoms with Gasteiger partial charge in [0.05, 0.1) is 5.56 Å². The Morgan fingerprint density at radius 2 is 1.74 bits per heavy atom. The lowest BCUT2D eigenvalue weighted by atomic mass is 10.2. The maximum absolute atomic E-state index is 10.8. The molecule has 0 saturated heterocycles. The molecule has 0 unspecified atom stereocenters. The topological polar surface area (TPSA) is 93.1 Å². The molecule has 0 aliphatic rings. The summed E-state index contributed by atoms with van der Waals surface area (Å²) in [6.07, 6.45) is -5.10. The Labute approximate surface area is 108 Å². The molecule has 1 aromatic carbocycles. The van der Waals surface area contributed by atoms with Gasteiger partial charge in [-0.15, -0.1) is 0 Å². The molecule has 1 rings (SSSR count). The van der Waals surface area contributed by atoms with Crippen LogP contribution in [0.25, 0.3) is 0 Å². The van der Waals surface area contributed by atoms with E-state index in [2.05, 4.69) is 9.78 Å². The molecule has 0 spiro atoms. The van der Waals surface area contributed by atoms with Crippen LogP contribution in [-0.2, 0) is 14.6 Å². The van der Waals surface area contributed by atoms with E-state index in [0.29, 0.717) is 5.02 Å². The van der Waals surface area contributed by atoms with Crippen LogP contribution in [0.2, 0.25) is 5.02 Å². The lowest BCUT2D eigenvalue weighted by Crippen LogP contribution is -2.23. The summed E-state index contributed by atoms with van der Waals surface area (Å²) in [4.78, 5) is 25.7. The van der Waals surface area contributed by atoms with Crippen LogP contribution < -0.4 is 0 Å². The predicted molar refractivity (Wildman–Crippen MR) is 54.3 cm³/mol. The van der Waals surface area contributed by atoms with Gasteiger partial charge in [-0.25, -0.2) is 9.59 Å². The first-order valence-corrected chi connectivity index (χ1v) is 4.64. The summed E-state index contributed by atoms with van der Waals surface area (Å²) in [7, 11) is 0. The highest BCUT2D eigenvalue weighted by atomic mass is 35.5. The van der Waals surface area contributed by atoms with Gasteiger partial charge in [-0.3, -0.25) is 9.78 Å². The van der Waals surface area contributed by atoms with Crippen molar-refractivity contribution in [1.82, 2.24) is 0 Å². The molecular formula is C9H6ClF3O6. The Morgan fingerprint density at radius 3 is 2.05 bits per heavy atom. The van der Waals surface area contributed by atoms with Crippen molar-refractivity contribution in [3.63, 3.8) is 0 Å². The average Bonchev–Trinajstić information content (AvgIpc) is 2.36. The third-order valence-electron chi connectivity index (χ3n) is 1.46. The van der Waals surface area contributed by atoms with Crippen molar-refractivity contribution < 1.29 is 43.0 Å². The molecule has 106 valence electrons. The van der Waals surface area contributed by atoms with E-state index in [1.165, 1.54) is 12.1 Å². The zero-order chi connectivity index (χ0) is 15.1. The summed E-state index contributed by atoms with van der Waals surface area (Å²) in [5, 5.41) is 15.5. The number of rotatable bonds is 1. The molecule has 19 heavy (non-hydrogen) atoms. The lowest BCUT2D eigenvalue weighted by molar-refractivity contribution is -0.272. The molecule has 0 saturated carbocycles. The second-order valence-electron chi connectivity index (χ2n) is 2.77. The van der Waals surface area contributed by atoms with Crippen LogP contribution in [0.3, 0.4) is 0 Å². The molecule has 0 aliphatic carbocycles. The number of halogens is 4. The minimum atomic E-state index is -5.10. The van der Waals surface area contributed by atoms with E-state index in [-0.39, 0.29) is 5.56 Å². The third kappa shape index (κ3) is 6.60. The van der Waals surface area contributed by atoms with Crippen LogP contribution >= 0.6 is 11.6 Å². The molecule has 0 aromatic heterocycles. The first-order valence-electron chi connectivity index (χ1n) is 4.26. The van der Waals surface area contributed by atoms with Crippen LogP contribution in [0.4, 0.5) is 13.2 Å². The normalized spacial score (nSPS) is 10.0. The molecule has 6 nitrogen and oxygen atoms in total. The summed E-state index contributed by atoms with van der Waals surface area (Å²) in [6.45, 7) is 0. The number of hydrogen-bond donors (Lipinski definition) is 2. The Bertz CT molecular complexity index is 448. The second kappa shape index (κ2) is 7.56. The highest BCUT2D eigenvalue weighted by Gasteiger charge is 2.41. The monoisotopic (exact) mass is 302 g/mol. The van der Waals surface area contributed by atoms with Gasteiger partial charge in [-0.2, -0.15) is 23.7 Å². The maximum atomic E-state index is 10.8. The molecule has 0 amide bonds. The molecule has 10 heteroatoms. The van der Waals surface area contributed by atoms with Gasteiger partial charge in [-0.1, -0.05) is 17.7 Å². The molecule has 1 aromatic rings. The van der Waals surface area contributed by atoms with Crippen LogP contribution in [0.1, 0.15) is 10.4 Å². The van der Waals surface area contributed by atoms with E-state index in [4.69, 9.17) is 22.1 Å². The SMILES string of the molecule is O=C(OO)C(F)(F)F.O=C(OO)c1cccc(Cl)c1. The van der Waals surface area contributed by atoms with Crippen molar-refractivity contribution in [1.29, 1.82) is 0 Å². The van der Waals surface area contributed by atoms with E-state index >= 15 is 0 Å². The number of hydrogen-bond acceptors (Lipinski definition) is 6. The Kier molecular flexibility index (Phi) is 6.83. The lowest BCUT2D eigenvalue weighted by Gasteiger charge is -1.97. The molecule has 0 aliphatic heterocycles. The van der Waals surface area contributed by atoms with Gasteiger partial charge in [0.25, 0.3) is 0 Å². The van der Waals surface area contributed by atoms with Gasteiger partial charge >= 0.3 is 18.1 Å². The minimum absolute atomic E-state index is 0.222. The predicted octanol–water partition coefficient (Wildman–Crippen LogP) is 2.53. The van der Waals surface area contributed by atoms with Gasteiger partial charge < -0.3 is 0 Å². The van der Waals surface area contributed by atoms with Crippen molar-refractivity contribution in [3.8, 4) is 0 Å². The van der Waals surface area contributed by atoms with Crippen molar-refractivity contribution in [2.45, 2.75) is 6.18 Å². The molecule has 0 bridgehead atoms. The van der Waals surface area contributed by atoms with Crippen LogP contribution in [0.5, 0.6) is 0 Å². The Morgan fingerprint density at radius 1 is 1.16 bits per heavy atom. The summed E-state index contributed by atoms with van der Waals surface area (Å²) < 4.78 is 32.4. The number of benzene rings is 1. The van der Waals surface area contributed by atoms with Crippen molar-refractivity contribution >= 4 is 23.5 Å².